The van der Waals surface area contributed by atoms with Gasteiger partial charge in [-0.05, 0) is 0 Å². The van der Waals surface area contributed by atoms with Gasteiger partial charge in [0, 0.05) is 20.3 Å². The minimum Gasteiger partial charge on any atom is -0.302 e. The van der Waals surface area contributed by atoms with Crippen LogP contribution in [0.5, 0.6) is 0 Å². The molecule has 0 unspecified atom stereocenters. The molecule has 0 bridgehead atoms. The van der Waals surface area contributed by atoms with Crippen LogP contribution in [0.15, 0.2) is 15.8 Å². The molecule has 5 nitrogen and oxygen atoms in total. The molecule has 1 aromatic heterocycles. The third-order valence-corrected chi connectivity index (χ3v) is 1.57. The van der Waals surface area contributed by atoms with Crippen LogP contribution < -0.4 is 11.2 Å². The highest BCUT2D eigenvalue weighted by Crippen LogP contribution is 1.81. The molecular formula is C7H7N3O2. The molecule has 0 fully saturated rings. The van der Waals surface area contributed by atoms with E-state index in [4.69, 9.17) is 5.26 Å². The molecule has 12 heavy (non-hydrogen) atoms. The molecule has 5 heteroatoms. The predicted octanol–water partition coefficient (Wildman–Crippen LogP) is -1.04. The lowest BCUT2D eigenvalue weighted by Gasteiger charge is -2.00. The minimum atomic E-state index is -0.555. The number of nitriles is 1. The van der Waals surface area contributed by atoms with Crippen molar-refractivity contribution in [3.63, 3.8) is 0 Å². The van der Waals surface area contributed by atoms with Gasteiger partial charge in [-0.25, -0.2) is 4.79 Å². The molecule has 0 aromatic carbocycles. The van der Waals surface area contributed by atoms with E-state index in [2.05, 4.69) is 0 Å². The molecule has 0 aliphatic carbocycles. The molecule has 0 amide bonds. The van der Waals surface area contributed by atoms with Crippen molar-refractivity contribution in [3.8, 4) is 6.07 Å². The zero-order chi connectivity index (χ0) is 9.30. The van der Waals surface area contributed by atoms with Crippen LogP contribution in [-0.2, 0) is 14.1 Å². The summed E-state index contributed by atoms with van der Waals surface area (Å²) in [6.45, 7) is 0. The van der Waals surface area contributed by atoms with Gasteiger partial charge in [-0.15, -0.1) is 0 Å². The maximum absolute atomic E-state index is 11.1. The van der Waals surface area contributed by atoms with E-state index >= 15 is 0 Å². The fourth-order valence-electron chi connectivity index (χ4n) is 0.885. The van der Waals surface area contributed by atoms with Crippen molar-refractivity contribution in [1.82, 2.24) is 9.13 Å². The van der Waals surface area contributed by atoms with E-state index in [0.29, 0.717) is 0 Å². The Labute approximate surface area is 68.1 Å². The second kappa shape index (κ2) is 2.66. The number of hydrogen-bond acceptors (Lipinski definition) is 3. The van der Waals surface area contributed by atoms with Gasteiger partial charge in [-0.3, -0.25) is 9.36 Å². The molecule has 0 N–H and O–H groups in total. The Morgan fingerprint density at radius 2 is 2.00 bits per heavy atom. The molecule has 0 aliphatic rings. The Morgan fingerprint density at radius 3 is 2.50 bits per heavy atom. The summed E-state index contributed by atoms with van der Waals surface area (Å²) in [5.41, 5.74) is -1.01. The summed E-state index contributed by atoms with van der Waals surface area (Å²) in [7, 11) is 2.83. The summed E-state index contributed by atoms with van der Waals surface area (Å²) in [6.07, 6.45) is 1.23. The van der Waals surface area contributed by atoms with Crippen LogP contribution in [0.3, 0.4) is 0 Å². The highest BCUT2D eigenvalue weighted by Gasteiger charge is 2.04. The third kappa shape index (κ3) is 1.03. The second-order valence-electron chi connectivity index (χ2n) is 2.41. The molecule has 0 saturated heterocycles. The van der Waals surface area contributed by atoms with Crippen LogP contribution in [0.2, 0.25) is 0 Å². The molecule has 0 saturated carbocycles. The number of nitrogens with zero attached hydrogens (tertiary/aromatic N) is 3. The number of aryl methyl sites for hydroxylation is 1. The quantitative estimate of drug-likeness (QED) is 0.493. The van der Waals surface area contributed by atoms with Crippen LogP contribution in [-0.4, -0.2) is 9.13 Å². The van der Waals surface area contributed by atoms with Crippen molar-refractivity contribution in [2.75, 3.05) is 0 Å². The van der Waals surface area contributed by atoms with Gasteiger partial charge in [0.25, 0.3) is 5.56 Å². The first-order valence-corrected chi connectivity index (χ1v) is 3.24. The average molecular weight is 165 g/mol. The largest absolute Gasteiger partial charge is 0.330 e. The number of hydrogen-bond donors (Lipinski definition) is 0. The van der Waals surface area contributed by atoms with Gasteiger partial charge in [-0.2, -0.15) is 5.26 Å². The van der Waals surface area contributed by atoms with Gasteiger partial charge in [0.15, 0.2) is 0 Å². The highest BCUT2D eigenvalue weighted by molar-refractivity contribution is 5.22. The number of rotatable bonds is 0. The lowest BCUT2D eigenvalue weighted by atomic mass is 10.4. The Morgan fingerprint density at radius 1 is 1.42 bits per heavy atom. The van der Waals surface area contributed by atoms with Crippen molar-refractivity contribution in [2.24, 2.45) is 14.1 Å². The Balaban J connectivity index is 3.77. The van der Waals surface area contributed by atoms with Gasteiger partial charge in [0.2, 0.25) is 0 Å². The van der Waals surface area contributed by atoms with Gasteiger partial charge in [0.1, 0.15) is 11.6 Å². The van der Waals surface area contributed by atoms with E-state index in [0.717, 1.165) is 4.57 Å². The predicted molar refractivity (Wildman–Crippen MR) is 41.6 cm³/mol. The summed E-state index contributed by atoms with van der Waals surface area (Å²) in [5.74, 6) is 0. The Bertz CT molecular complexity index is 461. The molecule has 0 spiro atoms. The van der Waals surface area contributed by atoms with Crippen molar-refractivity contribution in [1.29, 1.82) is 5.26 Å². The lowest BCUT2D eigenvalue weighted by Crippen LogP contribution is -2.37. The fraction of sp³-hybridized carbons (Fsp3) is 0.286. The third-order valence-electron chi connectivity index (χ3n) is 1.57. The van der Waals surface area contributed by atoms with Crippen molar-refractivity contribution in [3.05, 3.63) is 32.6 Å². The van der Waals surface area contributed by atoms with Gasteiger partial charge in [-0.1, -0.05) is 0 Å². The molecule has 0 aliphatic heterocycles. The second-order valence-corrected chi connectivity index (χ2v) is 2.41. The highest BCUT2D eigenvalue weighted by atomic mass is 16.2. The Hall–Kier alpha value is -1.83. The maximum atomic E-state index is 11.1. The lowest BCUT2D eigenvalue weighted by molar-refractivity contribution is 0.682. The Kier molecular flexibility index (Phi) is 1.83. The zero-order valence-electron chi connectivity index (χ0n) is 6.74. The molecule has 1 rings (SSSR count). The number of aromatic nitrogens is 2. The smallest absolute Gasteiger partial charge is 0.302 e. The molecule has 0 radical (unpaired) electrons. The maximum Gasteiger partial charge on any atom is 0.330 e. The molecule has 0 atom stereocenters. The van der Waals surface area contributed by atoms with Gasteiger partial charge in [0.05, 0.1) is 0 Å². The van der Waals surface area contributed by atoms with E-state index in [1.165, 1.54) is 24.9 Å². The van der Waals surface area contributed by atoms with E-state index in [1.807, 2.05) is 0 Å². The van der Waals surface area contributed by atoms with Crippen molar-refractivity contribution in [2.45, 2.75) is 0 Å². The van der Waals surface area contributed by atoms with Gasteiger partial charge >= 0.3 is 5.69 Å². The van der Waals surface area contributed by atoms with E-state index in [-0.39, 0.29) is 5.56 Å². The van der Waals surface area contributed by atoms with E-state index < -0.39 is 11.2 Å². The van der Waals surface area contributed by atoms with Crippen LogP contribution in [0.4, 0.5) is 0 Å². The minimum absolute atomic E-state index is 0.0281. The first-order valence-electron chi connectivity index (χ1n) is 3.24. The summed E-state index contributed by atoms with van der Waals surface area (Å²) >= 11 is 0. The van der Waals surface area contributed by atoms with E-state index in [9.17, 15) is 9.59 Å². The SMILES string of the molecule is Cn1cc(C#N)c(=O)n(C)c1=O. The summed E-state index contributed by atoms with van der Waals surface area (Å²) < 4.78 is 2.10. The fourth-order valence-corrected chi connectivity index (χ4v) is 0.885. The van der Waals surface area contributed by atoms with Crippen molar-refractivity contribution < 1.29 is 0 Å². The molecule has 1 aromatic rings. The standard InChI is InChI=1S/C7H7N3O2/c1-9-4-5(3-8)6(11)10(2)7(9)12/h4H,1-2H3. The first-order chi connectivity index (χ1) is 5.57. The molecular weight excluding hydrogens is 158 g/mol. The molecule has 62 valence electrons. The normalized spacial score (nSPS) is 9.42. The zero-order valence-corrected chi connectivity index (χ0v) is 6.74. The van der Waals surface area contributed by atoms with Crippen LogP contribution in [0.1, 0.15) is 5.56 Å². The topological polar surface area (TPSA) is 67.8 Å². The monoisotopic (exact) mass is 165 g/mol. The average Bonchev–Trinajstić information content (AvgIpc) is 2.08. The van der Waals surface area contributed by atoms with E-state index in [1.54, 1.807) is 6.07 Å². The van der Waals surface area contributed by atoms with Gasteiger partial charge < -0.3 is 4.57 Å². The summed E-state index contributed by atoms with van der Waals surface area (Å²) in [5, 5.41) is 8.48. The van der Waals surface area contributed by atoms with Crippen LogP contribution in [0.25, 0.3) is 0 Å². The van der Waals surface area contributed by atoms with Crippen LogP contribution >= 0.6 is 0 Å². The summed E-state index contributed by atoms with van der Waals surface area (Å²) in [6, 6.07) is 1.71. The first kappa shape index (κ1) is 8.27. The van der Waals surface area contributed by atoms with Crippen molar-refractivity contribution >= 4 is 0 Å². The summed E-state index contributed by atoms with van der Waals surface area (Å²) in [4.78, 5) is 22.2. The van der Waals surface area contributed by atoms with Crippen LogP contribution in [0, 0.1) is 11.3 Å². The molecule has 1 heterocycles.